The highest BCUT2D eigenvalue weighted by molar-refractivity contribution is 7.44. The summed E-state index contributed by atoms with van der Waals surface area (Å²) < 4.78 is 15.5. The summed E-state index contributed by atoms with van der Waals surface area (Å²) in [5.41, 5.74) is 0. The van der Waals surface area contributed by atoms with Crippen LogP contribution in [0.5, 0.6) is 0 Å². The molecule has 5 heteroatoms. The van der Waals surface area contributed by atoms with Crippen LogP contribution in [-0.4, -0.2) is 29.5 Å². The van der Waals surface area contributed by atoms with Crippen molar-refractivity contribution in [2.45, 2.75) is 233 Å². The Morgan fingerprint density at radius 2 is 0.902 bits per heavy atom. The van der Waals surface area contributed by atoms with Crippen LogP contribution in [0.15, 0.2) is 48.6 Å². The zero-order valence-corrected chi connectivity index (χ0v) is 35.7. The van der Waals surface area contributed by atoms with Crippen molar-refractivity contribution in [3.63, 3.8) is 0 Å². The molecule has 0 aliphatic heterocycles. The second kappa shape index (κ2) is 40.0. The smallest absolute Gasteiger partial charge is 0.259 e. The van der Waals surface area contributed by atoms with Crippen molar-refractivity contribution in [3.05, 3.63) is 48.6 Å². The molecule has 0 aromatic carbocycles. The van der Waals surface area contributed by atoms with Crippen LogP contribution < -0.4 is 0 Å². The van der Waals surface area contributed by atoms with Crippen LogP contribution in [-0.2, 0) is 9.05 Å². The van der Waals surface area contributed by atoms with Crippen LogP contribution in [0.3, 0.4) is 0 Å². The molecule has 0 rings (SSSR count). The summed E-state index contributed by atoms with van der Waals surface area (Å²) in [5.74, 6) is 0. The van der Waals surface area contributed by atoms with Crippen LogP contribution in [0.1, 0.15) is 215 Å². The fraction of sp³-hybridized carbons (Fsp3) is 0.804. The lowest BCUT2D eigenvalue weighted by molar-refractivity contribution is 0.117. The summed E-state index contributed by atoms with van der Waals surface area (Å²) in [6.45, 7) is 13.9. The van der Waals surface area contributed by atoms with E-state index < -0.39 is 8.53 Å². The summed E-state index contributed by atoms with van der Waals surface area (Å²) in [6.07, 6.45) is 52.3. The zero-order valence-electron chi connectivity index (χ0n) is 34.8. The van der Waals surface area contributed by atoms with Gasteiger partial charge in [0.25, 0.3) is 8.53 Å². The van der Waals surface area contributed by atoms with E-state index in [1.54, 1.807) is 0 Å². The van der Waals surface area contributed by atoms with E-state index in [0.717, 1.165) is 25.7 Å². The minimum Gasteiger partial charge on any atom is -0.321 e. The molecule has 1 unspecified atom stereocenters. The van der Waals surface area contributed by atoms with Crippen molar-refractivity contribution in [2.24, 2.45) is 0 Å². The third kappa shape index (κ3) is 34.3. The first-order chi connectivity index (χ1) is 25.0. The Kier molecular flexibility index (Phi) is 39.0. The molecular weight excluding hydrogens is 643 g/mol. The van der Waals surface area contributed by atoms with E-state index >= 15 is 0 Å². The topological polar surface area (TPSA) is 45.5 Å². The molecular formula is C46H85N2O2P. The minimum absolute atomic E-state index is 0.231. The third-order valence-electron chi connectivity index (χ3n) is 9.36. The fourth-order valence-corrected chi connectivity index (χ4v) is 8.16. The van der Waals surface area contributed by atoms with Crippen molar-refractivity contribution in [1.82, 2.24) is 4.67 Å². The molecule has 0 saturated heterocycles. The molecule has 1 atom stereocenters. The van der Waals surface area contributed by atoms with Crippen LogP contribution in [0.25, 0.3) is 0 Å². The van der Waals surface area contributed by atoms with Gasteiger partial charge in [-0.05, 0) is 105 Å². The Hall–Kier alpha value is -1.24. The monoisotopic (exact) mass is 729 g/mol. The highest BCUT2D eigenvalue weighted by Crippen LogP contribution is 2.48. The number of unbranched alkanes of at least 4 members (excludes halogenated alkanes) is 18. The van der Waals surface area contributed by atoms with Gasteiger partial charge in [0.05, 0.1) is 25.2 Å². The highest BCUT2D eigenvalue weighted by Gasteiger charge is 2.29. The summed E-state index contributed by atoms with van der Waals surface area (Å²) in [6, 6.07) is 2.91. The predicted molar refractivity (Wildman–Crippen MR) is 228 cm³/mol. The SMILES string of the molecule is CCCCC/C=C\C/C=C\CCCCCCCCC(CCCCCCCC/C=C\C/C=C\CCCCC)OP(OCCC#N)N(C(C)C)C(C)C. The highest BCUT2D eigenvalue weighted by atomic mass is 31.2. The van der Waals surface area contributed by atoms with Gasteiger partial charge in [-0.1, -0.05) is 152 Å². The van der Waals surface area contributed by atoms with Gasteiger partial charge in [0.15, 0.2) is 0 Å². The number of nitrogens with zero attached hydrogens (tertiary/aromatic N) is 2. The maximum atomic E-state index is 9.15. The van der Waals surface area contributed by atoms with E-state index in [0.29, 0.717) is 25.1 Å². The molecule has 0 aromatic heterocycles. The Morgan fingerprint density at radius 3 is 1.27 bits per heavy atom. The molecule has 0 N–H and O–H groups in total. The normalized spacial score (nSPS) is 13.2. The van der Waals surface area contributed by atoms with Crippen LogP contribution in [0.2, 0.25) is 0 Å². The van der Waals surface area contributed by atoms with E-state index in [-0.39, 0.29) is 6.10 Å². The van der Waals surface area contributed by atoms with Gasteiger partial charge in [0, 0.05) is 12.1 Å². The van der Waals surface area contributed by atoms with Crippen LogP contribution in [0, 0.1) is 11.3 Å². The number of hydrogen-bond donors (Lipinski definition) is 0. The lowest BCUT2D eigenvalue weighted by atomic mass is 10.0. The average molecular weight is 729 g/mol. The number of allylic oxidation sites excluding steroid dienone is 8. The molecule has 4 nitrogen and oxygen atoms in total. The standard InChI is InChI=1S/C46H85N2O2P/c1-7-9-11-13-15-17-19-21-23-25-27-29-31-33-35-37-40-46(50-51(49-43-39-42-47)48(44(3)4)45(5)6)41-38-36-34-32-30-28-26-24-22-20-18-16-14-12-10-8-2/h15-18,21-24,44-46H,7-14,19-20,25-41,43H2,1-6H3/b17-15-,18-16-,23-21-,24-22-. The van der Waals surface area contributed by atoms with E-state index in [1.165, 1.54) is 141 Å². The van der Waals surface area contributed by atoms with Crippen molar-refractivity contribution in [2.75, 3.05) is 6.61 Å². The average Bonchev–Trinajstić information content (AvgIpc) is 3.10. The van der Waals surface area contributed by atoms with Gasteiger partial charge < -0.3 is 9.05 Å². The van der Waals surface area contributed by atoms with Crippen LogP contribution >= 0.6 is 8.53 Å². The van der Waals surface area contributed by atoms with Gasteiger partial charge in [-0.25, -0.2) is 4.67 Å². The first-order valence-corrected chi connectivity index (χ1v) is 23.0. The van der Waals surface area contributed by atoms with E-state index in [1.807, 2.05) is 0 Å². The maximum absolute atomic E-state index is 9.15. The van der Waals surface area contributed by atoms with Gasteiger partial charge in [0.1, 0.15) is 0 Å². The molecule has 0 aliphatic rings. The molecule has 0 radical (unpaired) electrons. The summed E-state index contributed by atoms with van der Waals surface area (Å²) in [7, 11) is -1.18. The maximum Gasteiger partial charge on any atom is 0.259 e. The molecule has 0 bridgehead atoms. The van der Waals surface area contributed by atoms with Crippen molar-refractivity contribution in [1.29, 1.82) is 5.26 Å². The van der Waals surface area contributed by atoms with E-state index in [9.17, 15) is 0 Å². The summed E-state index contributed by atoms with van der Waals surface area (Å²) in [4.78, 5) is 0. The molecule has 0 amide bonds. The number of nitriles is 1. The lowest BCUT2D eigenvalue weighted by Gasteiger charge is -2.37. The van der Waals surface area contributed by atoms with Crippen molar-refractivity contribution < 1.29 is 9.05 Å². The fourth-order valence-electron chi connectivity index (χ4n) is 6.39. The Morgan fingerprint density at radius 1 is 0.529 bits per heavy atom. The second-order valence-electron chi connectivity index (χ2n) is 15.0. The van der Waals surface area contributed by atoms with Gasteiger partial charge in [0.2, 0.25) is 0 Å². The van der Waals surface area contributed by atoms with Crippen molar-refractivity contribution >= 4 is 8.53 Å². The quantitative estimate of drug-likeness (QED) is 0.0361. The van der Waals surface area contributed by atoms with Gasteiger partial charge in [-0.3, -0.25) is 0 Å². The van der Waals surface area contributed by atoms with E-state index in [2.05, 4.69) is 101 Å². The molecule has 0 aliphatic carbocycles. The molecule has 0 heterocycles. The van der Waals surface area contributed by atoms with Crippen molar-refractivity contribution in [3.8, 4) is 6.07 Å². The summed E-state index contributed by atoms with van der Waals surface area (Å²) in [5, 5.41) is 9.15. The van der Waals surface area contributed by atoms with Gasteiger partial charge in [-0.2, -0.15) is 5.26 Å². The molecule has 51 heavy (non-hydrogen) atoms. The van der Waals surface area contributed by atoms with Gasteiger partial charge in [-0.15, -0.1) is 0 Å². The van der Waals surface area contributed by atoms with Crippen LogP contribution in [0.4, 0.5) is 0 Å². The molecule has 0 saturated carbocycles. The zero-order chi connectivity index (χ0) is 37.5. The first-order valence-electron chi connectivity index (χ1n) is 21.8. The molecule has 0 aromatic rings. The third-order valence-corrected chi connectivity index (χ3v) is 11.5. The molecule has 0 spiro atoms. The summed E-state index contributed by atoms with van der Waals surface area (Å²) >= 11 is 0. The number of rotatable bonds is 38. The number of hydrogen-bond acceptors (Lipinski definition) is 4. The van der Waals surface area contributed by atoms with E-state index in [4.69, 9.17) is 14.3 Å². The largest absolute Gasteiger partial charge is 0.321 e. The predicted octanol–water partition coefficient (Wildman–Crippen LogP) is 16.1. The Balaban J connectivity index is 4.57. The Bertz CT molecular complexity index is 819. The first kappa shape index (κ1) is 49.8. The minimum atomic E-state index is -1.18. The molecule has 296 valence electrons. The van der Waals surface area contributed by atoms with Gasteiger partial charge >= 0.3 is 0 Å². The second-order valence-corrected chi connectivity index (χ2v) is 16.4. The lowest BCUT2D eigenvalue weighted by Crippen LogP contribution is -2.34. The molecule has 0 fully saturated rings. The Labute approximate surface area is 321 Å².